The van der Waals surface area contributed by atoms with E-state index in [0.29, 0.717) is 23.7 Å². The molecule has 36 heavy (non-hydrogen) atoms. The van der Waals surface area contributed by atoms with Crippen LogP contribution in [0.2, 0.25) is 0 Å². The van der Waals surface area contributed by atoms with Crippen molar-refractivity contribution < 1.29 is 19.7 Å². The van der Waals surface area contributed by atoms with Crippen molar-refractivity contribution in [3.63, 3.8) is 0 Å². The summed E-state index contributed by atoms with van der Waals surface area (Å²) in [5.41, 5.74) is 7.05. The molecule has 0 aromatic heterocycles. The van der Waals surface area contributed by atoms with Crippen LogP contribution in [-0.2, 0) is 16.0 Å². The molecular formula is C32H32O4. The summed E-state index contributed by atoms with van der Waals surface area (Å²) < 4.78 is 4.65. The average molecular weight is 481 g/mol. The number of carbonyl (C=O) groups is 1. The maximum Gasteiger partial charge on any atom is 0.373 e. The molecule has 0 unspecified atom stereocenters. The SMILES string of the molecule is C=C(Cc1c(C2CCC2)c(C(O)=C2CCC2)cc2ccccc12)c1ccccc1/C=C(\O)C(=O)OC. The van der Waals surface area contributed by atoms with Gasteiger partial charge in [-0.05, 0) is 101 Å². The molecule has 184 valence electrons. The Kier molecular flexibility index (Phi) is 6.69. The molecule has 2 aliphatic rings. The average Bonchev–Trinajstić information content (AvgIpc) is 2.82. The number of allylic oxidation sites excluding steroid dienone is 2. The van der Waals surface area contributed by atoms with Gasteiger partial charge in [-0.1, -0.05) is 61.5 Å². The molecular weight excluding hydrogens is 448 g/mol. The summed E-state index contributed by atoms with van der Waals surface area (Å²) in [6, 6.07) is 18.2. The molecule has 0 spiro atoms. The van der Waals surface area contributed by atoms with Crippen LogP contribution in [0.25, 0.3) is 28.2 Å². The smallest absolute Gasteiger partial charge is 0.373 e. The number of methoxy groups -OCH3 is 1. The van der Waals surface area contributed by atoms with Crippen LogP contribution in [-0.4, -0.2) is 23.3 Å². The zero-order chi connectivity index (χ0) is 25.2. The number of rotatable bonds is 7. The molecule has 0 bridgehead atoms. The molecule has 4 heteroatoms. The maximum absolute atomic E-state index is 11.8. The van der Waals surface area contributed by atoms with Crippen molar-refractivity contribution in [3.05, 3.63) is 100 Å². The third kappa shape index (κ3) is 4.44. The van der Waals surface area contributed by atoms with Gasteiger partial charge in [0.2, 0.25) is 5.76 Å². The van der Waals surface area contributed by atoms with Crippen molar-refractivity contribution in [2.75, 3.05) is 7.11 Å². The molecule has 2 N–H and O–H groups in total. The van der Waals surface area contributed by atoms with Crippen molar-refractivity contribution in [2.24, 2.45) is 0 Å². The second kappa shape index (κ2) is 10.1. The van der Waals surface area contributed by atoms with E-state index in [1.165, 1.54) is 36.1 Å². The highest BCUT2D eigenvalue weighted by Gasteiger charge is 2.29. The lowest BCUT2D eigenvalue weighted by Crippen LogP contribution is -2.16. The minimum Gasteiger partial charge on any atom is -0.507 e. The van der Waals surface area contributed by atoms with Gasteiger partial charge in [-0.15, -0.1) is 0 Å². The Balaban J connectivity index is 1.63. The van der Waals surface area contributed by atoms with E-state index < -0.39 is 11.7 Å². The van der Waals surface area contributed by atoms with Gasteiger partial charge >= 0.3 is 5.97 Å². The van der Waals surface area contributed by atoms with Crippen molar-refractivity contribution >= 4 is 34.2 Å². The fourth-order valence-electron chi connectivity index (χ4n) is 5.33. The van der Waals surface area contributed by atoms with Gasteiger partial charge in [0.1, 0.15) is 5.76 Å². The molecule has 3 aromatic carbocycles. The predicted molar refractivity (Wildman–Crippen MR) is 146 cm³/mol. The first-order chi connectivity index (χ1) is 17.5. The van der Waals surface area contributed by atoms with E-state index in [2.05, 4.69) is 35.6 Å². The highest BCUT2D eigenvalue weighted by molar-refractivity contribution is 5.94. The third-order valence-electron chi connectivity index (χ3n) is 7.68. The number of benzene rings is 3. The topological polar surface area (TPSA) is 66.8 Å². The second-order valence-electron chi connectivity index (χ2n) is 9.86. The molecule has 0 aliphatic heterocycles. The number of carbonyl (C=O) groups excluding carboxylic acids is 1. The summed E-state index contributed by atoms with van der Waals surface area (Å²) in [7, 11) is 1.24. The molecule has 2 fully saturated rings. The molecule has 5 rings (SSSR count). The fraction of sp³-hybridized carbons (Fsp3) is 0.281. The second-order valence-corrected chi connectivity index (χ2v) is 9.86. The van der Waals surface area contributed by atoms with Crippen LogP contribution in [0.4, 0.5) is 0 Å². The van der Waals surface area contributed by atoms with Crippen LogP contribution in [0, 0.1) is 0 Å². The Labute approximate surface area is 212 Å². The lowest BCUT2D eigenvalue weighted by atomic mass is 9.72. The number of hydrogen-bond acceptors (Lipinski definition) is 4. The first kappa shape index (κ1) is 23.9. The Hall–Kier alpha value is -3.79. The van der Waals surface area contributed by atoms with Gasteiger partial charge in [0, 0.05) is 5.56 Å². The molecule has 0 atom stereocenters. The molecule has 0 saturated heterocycles. The number of hydrogen-bond donors (Lipinski definition) is 2. The van der Waals surface area contributed by atoms with Crippen LogP contribution in [0.5, 0.6) is 0 Å². The normalized spacial score (nSPS) is 15.8. The third-order valence-corrected chi connectivity index (χ3v) is 7.68. The molecule has 0 radical (unpaired) electrons. The van der Waals surface area contributed by atoms with Gasteiger partial charge in [-0.2, -0.15) is 0 Å². The first-order valence-electron chi connectivity index (χ1n) is 12.7. The molecule has 2 saturated carbocycles. The Morgan fingerprint density at radius 1 is 1.03 bits per heavy atom. The van der Waals surface area contributed by atoms with E-state index in [9.17, 15) is 15.0 Å². The van der Waals surface area contributed by atoms with Gasteiger partial charge in [0.25, 0.3) is 0 Å². The van der Waals surface area contributed by atoms with Crippen LogP contribution < -0.4 is 0 Å². The number of aliphatic hydroxyl groups is 2. The van der Waals surface area contributed by atoms with Crippen molar-refractivity contribution in [3.8, 4) is 0 Å². The van der Waals surface area contributed by atoms with Crippen LogP contribution in [0.15, 0.2) is 72.5 Å². The van der Waals surface area contributed by atoms with E-state index in [1.807, 2.05) is 30.3 Å². The van der Waals surface area contributed by atoms with Gasteiger partial charge < -0.3 is 14.9 Å². The van der Waals surface area contributed by atoms with Crippen molar-refractivity contribution in [1.29, 1.82) is 0 Å². The summed E-state index contributed by atoms with van der Waals surface area (Å²) in [5.74, 6) is -0.334. The summed E-state index contributed by atoms with van der Waals surface area (Å²) in [5, 5.41) is 23.8. The van der Waals surface area contributed by atoms with E-state index >= 15 is 0 Å². The van der Waals surface area contributed by atoms with Crippen molar-refractivity contribution in [2.45, 2.75) is 50.9 Å². The van der Waals surface area contributed by atoms with E-state index in [-0.39, 0.29) is 0 Å². The standard InChI is InChI=1S/C32H32O4/c1-20(25-15-5-3-10-24(25)19-29(33)32(35)36-2)17-27-26-16-6-4-9-23(26)18-28(30(27)21-11-7-12-21)31(34)22-13-8-14-22/h3-6,9-10,15-16,18-19,21,33-34H,1,7-8,11-14,17H2,2H3/b29-19-. The fourth-order valence-corrected chi connectivity index (χ4v) is 5.33. The first-order valence-corrected chi connectivity index (χ1v) is 12.7. The molecule has 0 heterocycles. The zero-order valence-corrected chi connectivity index (χ0v) is 20.7. The highest BCUT2D eigenvalue weighted by Crippen LogP contribution is 2.46. The molecule has 3 aromatic rings. The molecule has 2 aliphatic carbocycles. The highest BCUT2D eigenvalue weighted by atomic mass is 16.5. The largest absolute Gasteiger partial charge is 0.507 e. The lowest BCUT2D eigenvalue weighted by molar-refractivity contribution is -0.138. The maximum atomic E-state index is 11.8. The van der Waals surface area contributed by atoms with Gasteiger partial charge in [-0.25, -0.2) is 4.79 Å². The van der Waals surface area contributed by atoms with Gasteiger partial charge in [-0.3, -0.25) is 0 Å². The summed E-state index contributed by atoms with van der Waals surface area (Å²) in [4.78, 5) is 11.8. The van der Waals surface area contributed by atoms with Gasteiger partial charge in [0.15, 0.2) is 0 Å². The van der Waals surface area contributed by atoms with Gasteiger partial charge in [0.05, 0.1) is 7.11 Å². The zero-order valence-electron chi connectivity index (χ0n) is 20.7. The monoisotopic (exact) mass is 480 g/mol. The minimum atomic E-state index is -0.777. The lowest BCUT2D eigenvalue weighted by Gasteiger charge is -2.32. The Morgan fingerprint density at radius 3 is 2.42 bits per heavy atom. The quantitative estimate of drug-likeness (QED) is 0.205. The number of ether oxygens (including phenoxy) is 1. The van der Waals surface area contributed by atoms with E-state index in [4.69, 9.17) is 0 Å². The summed E-state index contributed by atoms with van der Waals surface area (Å²) in [6.45, 7) is 4.44. The van der Waals surface area contributed by atoms with Crippen LogP contribution in [0.3, 0.4) is 0 Å². The minimum absolute atomic E-state index is 0.425. The van der Waals surface area contributed by atoms with E-state index in [1.54, 1.807) is 0 Å². The number of esters is 1. The number of fused-ring (bicyclic) bond motifs is 1. The van der Waals surface area contributed by atoms with E-state index in [0.717, 1.165) is 59.8 Å². The molecule has 4 nitrogen and oxygen atoms in total. The van der Waals surface area contributed by atoms with Crippen LogP contribution in [0.1, 0.15) is 72.3 Å². The van der Waals surface area contributed by atoms with Crippen LogP contribution >= 0.6 is 0 Å². The Morgan fingerprint density at radius 2 is 1.75 bits per heavy atom. The van der Waals surface area contributed by atoms with Crippen molar-refractivity contribution in [1.82, 2.24) is 0 Å². The Bertz CT molecular complexity index is 1400. The summed E-state index contributed by atoms with van der Waals surface area (Å²) >= 11 is 0. The molecule has 0 amide bonds. The predicted octanol–water partition coefficient (Wildman–Crippen LogP) is 7.89. The number of aliphatic hydroxyl groups excluding tert-OH is 2. The summed E-state index contributed by atoms with van der Waals surface area (Å²) in [6.07, 6.45) is 8.56.